The second-order valence-electron chi connectivity index (χ2n) is 6.70. The van der Waals surface area contributed by atoms with Gasteiger partial charge in [0.2, 0.25) is 0 Å². The quantitative estimate of drug-likeness (QED) is 0.455. The molecule has 31 heavy (non-hydrogen) atoms. The van der Waals surface area contributed by atoms with E-state index in [-0.39, 0.29) is 5.75 Å². The normalized spacial score (nSPS) is 11.0. The van der Waals surface area contributed by atoms with Crippen LogP contribution >= 0.6 is 0 Å². The number of imidazole rings is 1. The minimum absolute atomic E-state index is 0.233. The molecule has 0 saturated heterocycles. The van der Waals surface area contributed by atoms with E-state index in [0.29, 0.717) is 19.6 Å². The van der Waals surface area contributed by atoms with Crippen molar-refractivity contribution in [3.05, 3.63) is 59.4 Å². The predicted octanol–water partition coefficient (Wildman–Crippen LogP) is 4.30. The average molecular weight is 438 g/mol. The van der Waals surface area contributed by atoms with E-state index in [4.69, 9.17) is 24.5 Å². The lowest BCUT2D eigenvalue weighted by Crippen LogP contribution is -2.09. The van der Waals surface area contributed by atoms with Gasteiger partial charge in [0.15, 0.2) is 0 Å². The molecule has 0 aliphatic rings. The molecule has 2 N–H and O–H groups in total. The molecule has 10 heteroatoms. The Bertz CT molecular complexity index is 1060. The number of aryl methyl sites for hydroxylation is 3. The van der Waals surface area contributed by atoms with Crippen molar-refractivity contribution in [2.45, 2.75) is 33.0 Å². The highest BCUT2D eigenvalue weighted by molar-refractivity contribution is 6.27. The fraction of sp³-hybridized carbons (Fsp3) is 0.286. The number of alkyl halides is 3. The van der Waals surface area contributed by atoms with E-state index in [1.165, 1.54) is 23.3 Å². The molecule has 0 aliphatic heterocycles. The molecular formula is C21H21F3N2O5. The van der Waals surface area contributed by atoms with Crippen molar-refractivity contribution in [1.82, 2.24) is 9.55 Å². The maximum atomic E-state index is 12.7. The van der Waals surface area contributed by atoms with Crippen molar-refractivity contribution in [2.75, 3.05) is 6.61 Å². The largest absolute Gasteiger partial charge is 0.494 e. The number of carboxylic acids is 2. The maximum Gasteiger partial charge on any atom is 0.416 e. The Morgan fingerprint density at radius 2 is 1.71 bits per heavy atom. The first-order valence-electron chi connectivity index (χ1n) is 9.17. The first-order chi connectivity index (χ1) is 14.5. The van der Waals surface area contributed by atoms with Crippen LogP contribution in [0.2, 0.25) is 0 Å². The van der Waals surface area contributed by atoms with Crippen LogP contribution in [0.1, 0.15) is 23.1 Å². The zero-order chi connectivity index (χ0) is 23.2. The summed E-state index contributed by atoms with van der Waals surface area (Å²) >= 11 is 0. The molecule has 0 atom stereocenters. The molecule has 0 amide bonds. The highest BCUT2D eigenvalue weighted by Crippen LogP contribution is 2.31. The Kier molecular flexibility index (Phi) is 7.62. The summed E-state index contributed by atoms with van der Waals surface area (Å²) in [7, 11) is 0. The van der Waals surface area contributed by atoms with E-state index < -0.39 is 23.7 Å². The van der Waals surface area contributed by atoms with Gasteiger partial charge in [-0.25, -0.2) is 14.6 Å². The van der Waals surface area contributed by atoms with Crippen LogP contribution in [0.4, 0.5) is 13.2 Å². The number of benzene rings is 2. The molecule has 3 aromatic rings. The zero-order valence-electron chi connectivity index (χ0n) is 16.8. The lowest BCUT2D eigenvalue weighted by atomic mass is 10.1. The van der Waals surface area contributed by atoms with E-state index in [1.54, 1.807) is 6.33 Å². The molecule has 1 aromatic heterocycles. The molecule has 0 radical (unpaired) electrons. The van der Waals surface area contributed by atoms with Crippen LogP contribution in [0.15, 0.2) is 42.7 Å². The predicted molar refractivity (Wildman–Crippen MR) is 106 cm³/mol. The third-order valence-corrected chi connectivity index (χ3v) is 4.39. The number of fused-ring (bicyclic) bond motifs is 1. The van der Waals surface area contributed by atoms with Crippen molar-refractivity contribution in [2.24, 2.45) is 0 Å². The maximum absolute atomic E-state index is 12.7. The van der Waals surface area contributed by atoms with Crippen molar-refractivity contribution in [1.29, 1.82) is 0 Å². The SMILES string of the molecule is Cc1cc2ncn(CCCOc3cccc(C(F)(F)F)c3)c2cc1C.O=C(O)C(=O)O. The van der Waals surface area contributed by atoms with E-state index in [1.807, 2.05) is 4.57 Å². The monoisotopic (exact) mass is 438 g/mol. The molecule has 3 rings (SSSR count). The number of rotatable bonds is 5. The highest BCUT2D eigenvalue weighted by atomic mass is 19.4. The summed E-state index contributed by atoms with van der Waals surface area (Å²) in [6.45, 7) is 5.14. The first kappa shape index (κ1) is 23.7. The summed E-state index contributed by atoms with van der Waals surface area (Å²) in [6, 6.07) is 9.11. The molecule has 7 nitrogen and oxygen atoms in total. The second-order valence-corrected chi connectivity index (χ2v) is 6.70. The number of nitrogens with zero attached hydrogens (tertiary/aromatic N) is 2. The molecule has 0 spiro atoms. The third-order valence-electron chi connectivity index (χ3n) is 4.39. The summed E-state index contributed by atoms with van der Waals surface area (Å²) < 4.78 is 45.6. The summed E-state index contributed by atoms with van der Waals surface area (Å²) in [5, 5.41) is 14.8. The lowest BCUT2D eigenvalue weighted by Gasteiger charge is -2.11. The summed E-state index contributed by atoms with van der Waals surface area (Å²) in [5.74, 6) is -3.42. The van der Waals surface area contributed by atoms with Crippen LogP contribution in [0.25, 0.3) is 11.0 Å². The van der Waals surface area contributed by atoms with Crippen LogP contribution < -0.4 is 4.74 Å². The number of hydrogen-bond donors (Lipinski definition) is 2. The van der Waals surface area contributed by atoms with E-state index in [9.17, 15) is 13.2 Å². The van der Waals surface area contributed by atoms with Crippen molar-refractivity contribution in [3.8, 4) is 5.75 Å². The van der Waals surface area contributed by atoms with Crippen molar-refractivity contribution in [3.63, 3.8) is 0 Å². The topological polar surface area (TPSA) is 102 Å². The van der Waals surface area contributed by atoms with Gasteiger partial charge >= 0.3 is 18.1 Å². The van der Waals surface area contributed by atoms with E-state index >= 15 is 0 Å². The number of hydrogen-bond acceptors (Lipinski definition) is 4. The second kappa shape index (κ2) is 9.96. The van der Waals surface area contributed by atoms with E-state index in [2.05, 4.69) is 31.0 Å². The highest BCUT2D eigenvalue weighted by Gasteiger charge is 2.30. The number of aliphatic carboxylic acids is 2. The van der Waals surface area contributed by atoms with Gasteiger partial charge < -0.3 is 19.5 Å². The summed E-state index contributed by atoms with van der Waals surface area (Å²) in [6.07, 6.45) is -1.90. The Labute approximate surface area is 175 Å². The van der Waals surface area contributed by atoms with Crippen molar-refractivity contribution < 1.29 is 37.7 Å². The van der Waals surface area contributed by atoms with Gasteiger partial charge in [-0.15, -0.1) is 0 Å². The standard InChI is InChI=1S/C19H19F3N2O.C2H2O4/c1-13-9-17-18(10-14(13)2)24(12-23-17)7-4-8-25-16-6-3-5-15(11-16)19(20,21)22;3-1(4)2(5)6/h3,5-6,9-12H,4,7-8H2,1-2H3;(H,3,4)(H,5,6). The van der Waals surface area contributed by atoms with Crippen LogP contribution in [0.3, 0.4) is 0 Å². The molecule has 0 aliphatic carbocycles. The average Bonchev–Trinajstić information content (AvgIpc) is 3.07. The molecule has 1 heterocycles. The fourth-order valence-corrected chi connectivity index (χ4v) is 2.68. The van der Waals surface area contributed by atoms with E-state index in [0.717, 1.165) is 23.2 Å². The number of ether oxygens (including phenoxy) is 1. The van der Waals surface area contributed by atoms with Crippen LogP contribution in [0, 0.1) is 13.8 Å². The molecular weight excluding hydrogens is 417 g/mol. The number of carbonyl (C=O) groups is 2. The Hall–Kier alpha value is -3.56. The third kappa shape index (κ3) is 6.73. The van der Waals surface area contributed by atoms with Crippen LogP contribution in [-0.4, -0.2) is 38.3 Å². The smallest absolute Gasteiger partial charge is 0.416 e. The minimum atomic E-state index is -4.36. The Morgan fingerprint density at radius 1 is 1.06 bits per heavy atom. The molecule has 166 valence electrons. The summed E-state index contributed by atoms with van der Waals surface area (Å²) in [5.41, 5.74) is 3.71. The van der Waals surface area contributed by atoms with Gasteiger partial charge in [-0.05, 0) is 61.7 Å². The number of aromatic nitrogens is 2. The van der Waals surface area contributed by atoms with Crippen molar-refractivity contribution >= 4 is 23.0 Å². The number of halogens is 3. The van der Waals surface area contributed by atoms with Gasteiger partial charge in [0, 0.05) is 6.54 Å². The Balaban J connectivity index is 0.000000501. The molecule has 0 saturated carbocycles. The number of carboxylic acid groups (broad SMARTS) is 2. The van der Waals surface area contributed by atoms with Crippen LogP contribution in [-0.2, 0) is 22.3 Å². The molecule has 0 bridgehead atoms. The van der Waals surface area contributed by atoms with Gasteiger partial charge in [-0.2, -0.15) is 13.2 Å². The first-order valence-corrected chi connectivity index (χ1v) is 9.17. The lowest BCUT2D eigenvalue weighted by molar-refractivity contribution is -0.159. The zero-order valence-corrected chi connectivity index (χ0v) is 16.8. The molecule has 0 fully saturated rings. The fourth-order valence-electron chi connectivity index (χ4n) is 2.68. The van der Waals surface area contributed by atoms with Crippen LogP contribution in [0.5, 0.6) is 5.75 Å². The van der Waals surface area contributed by atoms with Gasteiger partial charge in [0.25, 0.3) is 0 Å². The van der Waals surface area contributed by atoms with Gasteiger partial charge in [0.1, 0.15) is 5.75 Å². The summed E-state index contributed by atoms with van der Waals surface area (Å²) in [4.78, 5) is 22.6. The minimum Gasteiger partial charge on any atom is -0.494 e. The van der Waals surface area contributed by atoms with Gasteiger partial charge in [-0.3, -0.25) is 0 Å². The molecule has 2 aromatic carbocycles. The van der Waals surface area contributed by atoms with Gasteiger partial charge in [0.05, 0.1) is 29.5 Å². The Morgan fingerprint density at radius 3 is 2.32 bits per heavy atom. The molecule has 0 unspecified atom stereocenters. The van der Waals surface area contributed by atoms with Gasteiger partial charge in [-0.1, -0.05) is 6.07 Å².